The Bertz CT molecular complexity index is 634. The Morgan fingerprint density at radius 1 is 1.14 bits per heavy atom. The van der Waals surface area contributed by atoms with Gasteiger partial charge in [0.15, 0.2) is 5.96 Å². The molecule has 158 valence electrons. The number of nitrogens with zero attached hydrogens (tertiary/aromatic N) is 3. The van der Waals surface area contributed by atoms with Gasteiger partial charge in [0.2, 0.25) is 5.91 Å². The van der Waals surface area contributed by atoms with Crippen LogP contribution in [-0.4, -0.2) is 73.7 Å². The molecule has 10 heteroatoms. The van der Waals surface area contributed by atoms with Crippen molar-refractivity contribution in [3.63, 3.8) is 0 Å². The summed E-state index contributed by atoms with van der Waals surface area (Å²) in [5, 5.41) is 5.78. The maximum atomic E-state index is 12.8. The van der Waals surface area contributed by atoms with Crippen LogP contribution in [-0.2, 0) is 11.3 Å². The number of carbonyl (C=O) groups excluding carboxylic acids is 1. The number of aliphatic imine (C=N–C) groups is 1. The number of nitrogens with one attached hydrogen (secondary N) is 2. The van der Waals surface area contributed by atoms with Crippen LogP contribution >= 0.6 is 24.0 Å². The summed E-state index contributed by atoms with van der Waals surface area (Å²) < 4.78 is 38.5. The van der Waals surface area contributed by atoms with Crippen molar-refractivity contribution < 1.29 is 18.0 Å². The van der Waals surface area contributed by atoms with E-state index in [-0.39, 0.29) is 36.4 Å². The highest BCUT2D eigenvalue weighted by Gasteiger charge is 2.41. The van der Waals surface area contributed by atoms with Crippen LogP contribution in [0.25, 0.3) is 0 Å². The van der Waals surface area contributed by atoms with Crippen LogP contribution in [0.15, 0.2) is 35.3 Å². The van der Waals surface area contributed by atoms with Crippen LogP contribution in [0.5, 0.6) is 0 Å². The van der Waals surface area contributed by atoms with E-state index in [4.69, 9.17) is 0 Å². The minimum Gasteiger partial charge on any atom is -0.350 e. The lowest BCUT2D eigenvalue weighted by Crippen LogP contribution is -2.57. The largest absolute Gasteiger partial charge is 0.403 e. The topological polar surface area (TPSA) is 60.0 Å². The van der Waals surface area contributed by atoms with E-state index < -0.39 is 12.2 Å². The van der Waals surface area contributed by atoms with E-state index in [0.29, 0.717) is 38.7 Å². The molecule has 1 unspecified atom stereocenters. The molecule has 1 aromatic carbocycles. The summed E-state index contributed by atoms with van der Waals surface area (Å²) in [4.78, 5) is 19.4. The fourth-order valence-electron chi connectivity index (χ4n) is 2.88. The first-order valence-electron chi connectivity index (χ1n) is 8.88. The van der Waals surface area contributed by atoms with Crippen molar-refractivity contribution in [1.82, 2.24) is 20.4 Å². The summed E-state index contributed by atoms with van der Waals surface area (Å²) in [7, 11) is 1.59. The van der Waals surface area contributed by atoms with Gasteiger partial charge in [-0.15, -0.1) is 24.0 Å². The molecule has 1 heterocycles. The Balaban J connectivity index is 0.00000392. The smallest absolute Gasteiger partial charge is 0.350 e. The molecule has 1 aliphatic heterocycles. The van der Waals surface area contributed by atoms with E-state index in [9.17, 15) is 18.0 Å². The molecule has 0 spiro atoms. The van der Waals surface area contributed by atoms with Gasteiger partial charge in [-0.25, -0.2) is 0 Å². The summed E-state index contributed by atoms with van der Waals surface area (Å²) in [6, 6.07) is 8.11. The van der Waals surface area contributed by atoms with Crippen molar-refractivity contribution in [1.29, 1.82) is 0 Å². The number of hydrogen-bond acceptors (Lipinski definition) is 3. The average Bonchev–Trinajstić information content (AvgIpc) is 2.67. The summed E-state index contributed by atoms with van der Waals surface area (Å²) in [6.07, 6.45) is -4.22. The Morgan fingerprint density at radius 3 is 2.29 bits per heavy atom. The molecular weight excluding hydrogens is 486 g/mol. The lowest BCUT2D eigenvalue weighted by atomic mass is 10.2. The summed E-state index contributed by atoms with van der Waals surface area (Å²) in [6.45, 7) is 3.10. The van der Waals surface area contributed by atoms with Gasteiger partial charge in [0.25, 0.3) is 0 Å². The summed E-state index contributed by atoms with van der Waals surface area (Å²) in [5.74, 6) is 0.341. The number of benzene rings is 1. The van der Waals surface area contributed by atoms with Gasteiger partial charge in [-0.2, -0.15) is 13.2 Å². The molecule has 2 rings (SSSR count). The molecule has 0 bridgehead atoms. The second kappa shape index (κ2) is 11.4. The van der Waals surface area contributed by atoms with Crippen molar-refractivity contribution in [2.75, 3.05) is 39.8 Å². The number of carbonyl (C=O) groups is 1. The molecular formula is C18H27F3IN5O. The lowest BCUT2D eigenvalue weighted by molar-refractivity contribution is -0.181. The van der Waals surface area contributed by atoms with Crippen LogP contribution in [0.2, 0.25) is 0 Å². The number of halogens is 4. The Hall–Kier alpha value is -1.56. The Labute approximate surface area is 180 Å². The van der Waals surface area contributed by atoms with Gasteiger partial charge in [0.1, 0.15) is 6.04 Å². The average molecular weight is 513 g/mol. The zero-order valence-electron chi connectivity index (χ0n) is 16.0. The predicted molar refractivity (Wildman–Crippen MR) is 114 cm³/mol. The molecule has 0 aromatic heterocycles. The molecule has 1 aromatic rings. The quantitative estimate of drug-likeness (QED) is 0.360. The van der Waals surface area contributed by atoms with Crippen molar-refractivity contribution in [3.05, 3.63) is 35.9 Å². The number of hydrogen-bond donors (Lipinski definition) is 2. The van der Waals surface area contributed by atoms with Gasteiger partial charge in [0, 0.05) is 39.8 Å². The second-order valence-electron chi connectivity index (χ2n) is 6.40. The first kappa shape index (κ1) is 24.5. The molecule has 6 nitrogen and oxygen atoms in total. The van der Waals surface area contributed by atoms with E-state index in [1.807, 2.05) is 35.2 Å². The molecule has 1 saturated heterocycles. The highest BCUT2D eigenvalue weighted by molar-refractivity contribution is 14.0. The van der Waals surface area contributed by atoms with Gasteiger partial charge in [-0.05, 0) is 12.5 Å². The van der Waals surface area contributed by atoms with E-state index in [1.54, 1.807) is 7.05 Å². The Kier molecular flexibility index (Phi) is 10.0. The fourth-order valence-corrected chi connectivity index (χ4v) is 2.88. The Morgan fingerprint density at radius 2 is 1.75 bits per heavy atom. The standard InChI is InChI=1S/C18H26F3N5O.HI/c1-14(18(19,20)21)25-8-10-26(11-9-25)17(22-2)24-13-16(27)23-12-15-6-4-3-5-7-15;/h3-7,14H,8-13H2,1-2H3,(H,22,24)(H,23,27);1H. The molecule has 1 aliphatic rings. The monoisotopic (exact) mass is 513 g/mol. The van der Waals surface area contributed by atoms with Crippen LogP contribution in [0.4, 0.5) is 13.2 Å². The third kappa shape index (κ3) is 7.46. The molecule has 1 atom stereocenters. The van der Waals surface area contributed by atoms with Crippen LogP contribution in [0, 0.1) is 0 Å². The zero-order valence-corrected chi connectivity index (χ0v) is 18.3. The molecule has 1 fully saturated rings. The van der Waals surface area contributed by atoms with Crippen molar-refractivity contribution >= 4 is 35.8 Å². The van der Waals surface area contributed by atoms with Gasteiger partial charge < -0.3 is 15.5 Å². The minimum absolute atomic E-state index is 0. The number of alkyl halides is 3. The molecule has 0 radical (unpaired) electrons. The van der Waals surface area contributed by atoms with Gasteiger partial charge in [-0.3, -0.25) is 14.7 Å². The number of amides is 1. The van der Waals surface area contributed by atoms with Gasteiger partial charge in [0.05, 0.1) is 6.54 Å². The predicted octanol–water partition coefficient (Wildman–Crippen LogP) is 2.06. The molecule has 28 heavy (non-hydrogen) atoms. The van der Waals surface area contributed by atoms with Crippen molar-refractivity contribution in [3.8, 4) is 0 Å². The van der Waals surface area contributed by atoms with Crippen molar-refractivity contribution in [2.45, 2.75) is 25.7 Å². The first-order chi connectivity index (χ1) is 12.8. The molecule has 0 saturated carbocycles. The van der Waals surface area contributed by atoms with Crippen LogP contribution < -0.4 is 10.6 Å². The maximum Gasteiger partial charge on any atom is 0.403 e. The molecule has 1 amide bonds. The summed E-state index contributed by atoms with van der Waals surface area (Å²) >= 11 is 0. The van der Waals surface area contributed by atoms with E-state index in [2.05, 4.69) is 15.6 Å². The third-order valence-electron chi connectivity index (χ3n) is 4.59. The summed E-state index contributed by atoms with van der Waals surface area (Å²) in [5.41, 5.74) is 1.00. The highest BCUT2D eigenvalue weighted by Crippen LogP contribution is 2.25. The SMILES string of the molecule is CN=C(NCC(=O)NCc1ccccc1)N1CCN(C(C)C(F)(F)F)CC1.I. The maximum absolute atomic E-state index is 12.8. The fraction of sp³-hybridized carbons (Fsp3) is 0.556. The van der Waals surface area contributed by atoms with Crippen LogP contribution in [0.3, 0.4) is 0 Å². The van der Waals surface area contributed by atoms with E-state index in [1.165, 1.54) is 11.8 Å². The number of guanidine groups is 1. The molecule has 0 aliphatic carbocycles. The van der Waals surface area contributed by atoms with Crippen LogP contribution in [0.1, 0.15) is 12.5 Å². The second-order valence-corrected chi connectivity index (χ2v) is 6.40. The lowest BCUT2D eigenvalue weighted by Gasteiger charge is -2.39. The van der Waals surface area contributed by atoms with Gasteiger partial charge >= 0.3 is 6.18 Å². The molecule has 2 N–H and O–H groups in total. The first-order valence-corrected chi connectivity index (χ1v) is 8.88. The number of rotatable bonds is 5. The normalized spacial score (nSPS) is 16.9. The van der Waals surface area contributed by atoms with E-state index >= 15 is 0 Å². The third-order valence-corrected chi connectivity index (χ3v) is 4.59. The van der Waals surface area contributed by atoms with Crippen molar-refractivity contribution in [2.24, 2.45) is 4.99 Å². The zero-order chi connectivity index (χ0) is 19.9. The highest BCUT2D eigenvalue weighted by atomic mass is 127. The number of piperazine rings is 1. The minimum atomic E-state index is -4.22. The van der Waals surface area contributed by atoms with Gasteiger partial charge in [-0.1, -0.05) is 30.3 Å². The van der Waals surface area contributed by atoms with E-state index in [0.717, 1.165) is 5.56 Å².